The predicted octanol–water partition coefficient (Wildman–Crippen LogP) is 3.28. The van der Waals surface area contributed by atoms with Crippen LogP contribution in [0, 0.1) is 0 Å². The average molecular weight is 278 g/mol. The monoisotopic (exact) mass is 277 g/mol. The maximum absolute atomic E-state index is 5.95. The molecule has 0 radical (unpaired) electrons. The fourth-order valence-electron chi connectivity index (χ4n) is 1.70. The van der Waals surface area contributed by atoms with Gasteiger partial charge in [0.1, 0.15) is 0 Å². The zero-order valence-corrected chi connectivity index (χ0v) is 11.5. The summed E-state index contributed by atoms with van der Waals surface area (Å²) >= 11 is 5.95. The lowest BCUT2D eigenvalue weighted by Gasteiger charge is -2.11. The molecule has 5 heteroatoms. The van der Waals surface area contributed by atoms with Gasteiger partial charge in [-0.25, -0.2) is 9.97 Å². The molecular formula is C14H16ClN3O. The lowest BCUT2D eigenvalue weighted by molar-refractivity contribution is 0.133. The Kier molecular flexibility index (Phi) is 5.12. The van der Waals surface area contributed by atoms with Gasteiger partial charge < -0.3 is 10.1 Å². The minimum absolute atomic E-state index is 0.379. The molecule has 4 nitrogen and oxygen atoms in total. The van der Waals surface area contributed by atoms with Gasteiger partial charge in [0.05, 0.1) is 6.61 Å². The molecule has 1 N–H and O–H groups in total. The molecule has 1 aromatic carbocycles. The van der Waals surface area contributed by atoms with E-state index < -0.39 is 0 Å². The van der Waals surface area contributed by atoms with Crippen LogP contribution in [0.25, 0.3) is 0 Å². The van der Waals surface area contributed by atoms with Gasteiger partial charge in [0.2, 0.25) is 0 Å². The maximum Gasteiger partial charge on any atom is 0.171 e. The molecular weight excluding hydrogens is 262 g/mol. The summed E-state index contributed by atoms with van der Waals surface area (Å²) in [5, 5.41) is 3.56. The molecule has 0 atom stereocenters. The summed E-state index contributed by atoms with van der Waals surface area (Å²) in [5.74, 6) is 0.593. The Balaban J connectivity index is 2.05. The van der Waals surface area contributed by atoms with Crippen molar-refractivity contribution >= 4 is 17.4 Å². The number of anilines is 1. The number of halogens is 1. The van der Waals surface area contributed by atoms with Gasteiger partial charge in [-0.3, -0.25) is 0 Å². The van der Waals surface area contributed by atoms with E-state index in [1.54, 1.807) is 12.4 Å². The van der Waals surface area contributed by atoms with Crippen molar-refractivity contribution in [2.24, 2.45) is 0 Å². The molecule has 0 unspecified atom stereocenters. The zero-order valence-electron chi connectivity index (χ0n) is 10.8. The van der Waals surface area contributed by atoms with Crippen LogP contribution in [0.3, 0.4) is 0 Å². The van der Waals surface area contributed by atoms with E-state index in [1.807, 2.05) is 19.1 Å². The van der Waals surface area contributed by atoms with Crippen LogP contribution in [-0.2, 0) is 17.9 Å². The standard InChI is InChI=1S/C14H16ClN3O/c1-2-19-10-12-6-4-3-5-11(12)9-18-14-13(15)16-7-8-17-14/h3-8H,2,9-10H2,1H3,(H,17,18). The first kappa shape index (κ1) is 13.8. The minimum Gasteiger partial charge on any atom is -0.377 e. The Bertz CT molecular complexity index is 534. The molecule has 1 aromatic heterocycles. The van der Waals surface area contributed by atoms with Crippen molar-refractivity contribution in [3.63, 3.8) is 0 Å². The third kappa shape index (κ3) is 3.91. The van der Waals surface area contributed by atoms with E-state index in [0.29, 0.717) is 30.7 Å². The molecule has 0 spiro atoms. The van der Waals surface area contributed by atoms with Crippen LogP contribution >= 0.6 is 11.6 Å². The Hall–Kier alpha value is -1.65. The quantitative estimate of drug-likeness (QED) is 0.880. The van der Waals surface area contributed by atoms with Crippen molar-refractivity contribution in [3.05, 3.63) is 52.9 Å². The number of hydrogen-bond acceptors (Lipinski definition) is 4. The van der Waals surface area contributed by atoms with Gasteiger partial charge in [0.25, 0.3) is 0 Å². The second-order valence-electron chi connectivity index (χ2n) is 3.96. The average Bonchev–Trinajstić information content (AvgIpc) is 2.45. The molecule has 1 heterocycles. The molecule has 0 aliphatic heterocycles. The molecule has 0 saturated heterocycles. The molecule has 19 heavy (non-hydrogen) atoms. The highest BCUT2D eigenvalue weighted by Gasteiger charge is 2.04. The second-order valence-corrected chi connectivity index (χ2v) is 4.31. The van der Waals surface area contributed by atoms with Gasteiger partial charge in [-0.1, -0.05) is 35.9 Å². The van der Waals surface area contributed by atoms with Gasteiger partial charge in [-0.2, -0.15) is 0 Å². The van der Waals surface area contributed by atoms with Crippen LogP contribution in [-0.4, -0.2) is 16.6 Å². The maximum atomic E-state index is 5.95. The summed E-state index contributed by atoms with van der Waals surface area (Å²) in [6.07, 6.45) is 3.18. The van der Waals surface area contributed by atoms with Crippen LogP contribution < -0.4 is 5.32 Å². The van der Waals surface area contributed by atoms with Crippen LogP contribution in [0.5, 0.6) is 0 Å². The van der Waals surface area contributed by atoms with E-state index in [4.69, 9.17) is 16.3 Å². The molecule has 0 saturated carbocycles. The third-order valence-corrected chi connectivity index (χ3v) is 2.96. The van der Waals surface area contributed by atoms with Crippen molar-refractivity contribution in [3.8, 4) is 0 Å². The summed E-state index contributed by atoms with van der Waals surface area (Å²) in [6, 6.07) is 8.13. The van der Waals surface area contributed by atoms with Crippen molar-refractivity contribution in [2.75, 3.05) is 11.9 Å². The fraction of sp³-hybridized carbons (Fsp3) is 0.286. The number of nitrogens with one attached hydrogen (secondary N) is 1. The Morgan fingerprint density at radius 3 is 2.63 bits per heavy atom. The summed E-state index contributed by atoms with van der Waals surface area (Å²) < 4.78 is 5.45. The van der Waals surface area contributed by atoms with Gasteiger partial charge >= 0.3 is 0 Å². The van der Waals surface area contributed by atoms with Crippen LogP contribution in [0.2, 0.25) is 5.15 Å². The lowest BCUT2D eigenvalue weighted by atomic mass is 10.1. The highest BCUT2D eigenvalue weighted by Crippen LogP contribution is 2.17. The summed E-state index contributed by atoms with van der Waals surface area (Å²) in [4.78, 5) is 8.13. The lowest BCUT2D eigenvalue weighted by Crippen LogP contribution is -2.06. The first-order valence-electron chi connectivity index (χ1n) is 6.16. The van der Waals surface area contributed by atoms with Crippen LogP contribution in [0.15, 0.2) is 36.7 Å². The topological polar surface area (TPSA) is 47.0 Å². The number of nitrogens with zero attached hydrogens (tertiary/aromatic N) is 2. The summed E-state index contributed by atoms with van der Waals surface area (Å²) in [7, 11) is 0. The van der Waals surface area contributed by atoms with Crippen molar-refractivity contribution in [1.82, 2.24) is 9.97 Å². The third-order valence-electron chi connectivity index (χ3n) is 2.68. The first-order valence-corrected chi connectivity index (χ1v) is 6.54. The predicted molar refractivity (Wildman–Crippen MR) is 76.1 cm³/mol. The Labute approximate surface area is 117 Å². The van der Waals surface area contributed by atoms with E-state index in [-0.39, 0.29) is 0 Å². The van der Waals surface area contributed by atoms with Gasteiger partial charge in [0, 0.05) is 25.5 Å². The number of hydrogen-bond donors (Lipinski definition) is 1. The smallest absolute Gasteiger partial charge is 0.171 e. The van der Waals surface area contributed by atoms with Crippen LogP contribution in [0.4, 0.5) is 5.82 Å². The van der Waals surface area contributed by atoms with Crippen molar-refractivity contribution in [2.45, 2.75) is 20.1 Å². The number of ether oxygens (including phenoxy) is 1. The van der Waals surface area contributed by atoms with Crippen LogP contribution in [0.1, 0.15) is 18.1 Å². The van der Waals surface area contributed by atoms with E-state index in [1.165, 1.54) is 0 Å². The largest absolute Gasteiger partial charge is 0.377 e. The molecule has 100 valence electrons. The second kappa shape index (κ2) is 7.07. The normalized spacial score (nSPS) is 10.4. The van der Waals surface area contributed by atoms with Gasteiger partial charge in [-0.05, 0) is 18.1 Å². The number of benzene rings is 1. The number of rotatable bonds is 6. The van der Waals surface area contributed by atoms with Gasteiger partial charge in [-0.15, -0.1) is 0 Å². The molecule has 0 aliphatic carbocycles. The molecule has 0 fully saturated rings. The molecule has 2 rings (SSSR count). The molecule has 0 aliphatic rings. The first-order chi connectivity index (χ1) is 9.31. The highest BCUT2D eigenvalue weighted by molar-refractivity contribution is 6.31. The molecule has 0 bridgehead atoms. The summed E-state index contributed by atoms with van der Waals surface area (Å²) in [5.41, 5.74) is 2.33. The number of aromatic nitrogens is 2. The zero-order chi connectivity index (χ0) is 13.5. The van der Waals surface area contributed by atoms with Crippen molar-refractivity contribution < 1.29 is 4.74 Å². The summed E-state index contributed by atoms with van der Waals surface area (Å²) in [6.45, 7) is 3.95. The van der Waals surface area contributed by atoms with E-state index in [2.05, 4.69) is 27.4 Å². The Morgan fingerprint density at radius 1 is 1.16 bits per heavy atom. The fourth-order valence-corrected chi connectivity index (χ4v) is 1.87. The molecule has 2 aromatic rings. The highest BCUT2D eigenvalue weighted by atomic mass is 35.5. The van der Waals surface area contributed by atoms with Crippen molar-refractivity contribution in [1.29, 1.82) is 0 Å². The Morgan fingerprint density at radius 2 is 1.89 bits per heavy atom. The van der Waals surface area contributed by atoms with Gasteiger partial charge in [0.15, 0.2) is 11.0 Å². The minimum atomic E-state index is 0.379. The van der Waals surface area contributed by atoms with E-state index in [9.17, 15) is 0 Å². The van der Waals surface area contributed by atoms with E-state index in [0.717, 1.165) is 11.1 Å². The van der Waals surface area contributed by atoms with E-state index >= 15 is 0 Å². The SMILES string of the molecule is CCOCc1ccccc1CNc1nccnc1Cl. The molecule has 0 amide bonds.